The molecule has 12 heavy (non-hydrogen) atoms. The molecule has 0 saturated heterocycles. The van der Waals surface area contributed by atoms with E-state index in [2.05, 4.69) is 10.1 Å². The number of rotatable bonds is 3. The summed E-state index contributed by atoms with van der Waals surface area (Å²) in [5, 5.41) is 12.1. The molecule has 1 atom stereocenters. The van der Waals surface area contributed by atoms with Crippen molar-refractivity contribution in [2.45, 2.75) is 12.6 Å². The number of nitrogen functional groups attached to an aromatic ring is 1. The van der Waals surface area contributed by atoms with Crippen molar-refractivity contribution in [2.24, 2.45) is 5.73 Å². The van der Waals surface area contributed by atoms with E-state index in [4.69, 9.17) is 16.6 Å². The molecule has 0 aliphatic heterocycles. The molecule has 1 heterocycles. The molecule has 66 valence electrons. The van der Waals surface area contributed by atoms with Crippen LogP contribution in [0.1, 0.15) is 0 Å². The summed E-state index contributed by atoms with van der Waals surface area (Å²) in [5.74, 6) is -0.975. The highest BCUT2D eigenvalue weighted by atomic mass is 16.4. The van der Waals surface area contributed by atoms with Crippen LogP contribution in [0.2, 0.25) is 0 Å². The molecule has 0 aliphatic carbocycles. The number of hydrogen-bond acceptors (Lipinski definition) is 5. The fourth-order valence-electron chi connectivity index (χ4n) is 0.677. The SMILES string of the molecule is NC(Cn1[13cH][15n][13c]([15NH2])[15n]1)C(=O)O. The Morgan fingerprint density at radius 2 is 2.50 bits per heavy atom. The Kier molecular flexibility index (Phi) is 2.24. The van der Waals surface area contributed by atoms with Crippen molar-refractivity contribution in [3.05, 3.63) is 6.33 Å². The average Bonchev–Trinajstić information content (AvgIpc) is 2.35. The van der Waals surface area contributed by atoms with E-state index in [1.54, 1.807) is 0 Å². The summed E-state index contributed by atoms with van der Waals surface area (Å²) in [4.78, 5) is 13.9. The Morgan fingerprint density at radius 3 is 2.92 bits per heavy atom. The maximum absolute atomic E-state index is 10.3. The molecular weight excluding hydrogens is 167 g/mol. The van der Waals surface area contributed by atoms with Gasteiger partial charge in [0.25, 0.3) is 0 Å². The van der Waals surface area contributed by atoms with Gasteiger partial charge in [0.1, 0.15) is 12.4 Å². The maximum atomic E-state index is 10.3. The third kappa shape index (κ3) is 1.92. The highest BCUT2D eigenvalue weighted by molar-refractivity contribution is 5.72. The van der Waals surface area contributed by atoms with Crippen LogP contribution in [-0.4, -0.2) is 31.9 Å². The number of hydrogen-bond donors (Lipinski definition) is 3. The van der Waals surface area contributed by atoms with Crippen molar-refractivity contribution in [3.63, 3.8) is 0 Å². The number of aromatic nitrogens is 3. The minimum atomic E-state index is -1.08. The summed E-state index contributed by atoms with van der Waals surface area (Å²) in [5.41, 5.74) is 10.4. The first-order valence-electron chi connectivity index (χ1n) is 3.23. The lowest BCUT2D eigenvalue weighted by atomic mass is 10.3. The molecule has 0 aliphatic rings. The lowest BCUT2D eigenvalue weighted by Crippen LogP contribution is -2.34. The molecule has 1 rings (SSSR count). The molecule has 7 heteroatoms. The van der Waals surface area contributed by atoms with Crippen molar-refractivity contribution in [1.29, 1.82) is 0 Å². The van der Waals surface area contributed by atoms with Gasteiger partial charge >= 0.3 is 5.97 Å². The third-order valence-corrected chi connectivity index (χ3v) is 1.26. The van der Waals surface area contributed by atoms with Crippen molar-refractivity contribution in [2.75, 3.05) is 5.73 Å². The first kappa shape index (κ1) is 8.47. The quantitative estimate of drug-likeness (QED) is 0.471. The van der Waals surface area contributed by atoms with Gasteiger partial charge < -0.3 is 16.6 Å². The second kappa shape index (κ2) is 3.18. The fourth-order valence-corrected chi connectivity index (χ4v) is 0.677. The van der Waals surface area contributed by atoms with E-state index in [0.29, 0.717) is 0 Å². The van der Waals surface area contributed by atoms with E-state index in [1.807, 2.05) is 0 Å². The van der Waals surface area contributed by atoms with E-state index < -0.39 is 12.0 Å². The topological polar surface area (TPSA) is 120 Å². The molecule has 1 aromatic rings. The van der Waals surface area contributed by atoms with Gasteiger partial charge in [0.15, 0.2) is 0 Å². The highest BCUT2D eigenvalue weighted by Crippen LogP contribution is 1.91. The lowest BCUT2D eigenvalue weighted by Gasteiger charge is -2.04. The molecule has 0 aromatic carbocycles. The minimum Gasteiger partial charge on any atom is -0.480 e. The molecule has 0 saturated carbocycles. The van der Waals surface area contributed by atoms with Crippen molar-refractivity contribution in [3.8, 4) is 0 Å². The van der Waals surface area contributed by atoms with E-state index in [-0.39, 0.29) is 12.5 Å². The minimum absolute atomic E-state index is 0.0690. The molecule has 0 radical (unpaired) electrons. The van der Waals surface area contributed by atoms with Crippen LogP contribution in [0.5, 0.6) is 0 Å². The summed E-state index contributed by atoms with van der Waals surface area (Å²) in [6, 6.07) is -0.980. The van der Waals surface area contributed by atoms with Gasteiger partial charge in [-0.15, -0.1) is 5.10 Å². The Bertz CT molecular complexity index is 283. The molecule has 1 aromatic heterocycles. The fraction of sp³-hybridized carbons (Fsp3) is 0.400. The van der Waals surface area contributed by atoms with E-state index in [1.165, 1.54) is 11.0 Å². The van der Waals surface area contributed by atoms with E-state index in [0.717, 1.165) is 0 Å². The van der Waals surface area contributed by atoms with Gasteiger partial charge in [0.05, 0.1) is 6.54 Å². The third-order valence-electron chi connectivity index (χ3n) is 1.26. The highest BCUT2D eigenvalue weighted by Gasteiger charge is 2.12. The molecule has 0 fully saturated rings. The first-order chi connectivity index (χ1) is 5.59. The normalized spacial score (nSPS) is 12.8. The Balaban J connectivity index is 2.58. The summed E-state index contributed by atoms with van der Waals surface area (Å²) in [6.07, 6.45) is 1.33. The standard InChI is InChI=1S/C5H9N5O2/c6-3(4(11)12)1-10-2-8-5(7)9-10/h2-3H,1,6H2,(H2,7,9)(H,11,12)/i2+1,5+1,7+1,8+1,9+1. The number of nitrogens with two attached hydrogens (primary N) is 2. The van der Waals surface area contributed by atoms with Gasteiger partial charge in [0, 0.05) is 0 Å². The van der Waals surface area contributed by atoms with Crippen molar-refractivity contribution >= 4 is 11.9 Å². The lowest BCUT2D eigenvalue weighted by molar-refractivity contribution is -0.138. The number of aliphatic carboxylic acids is 1. The van der Waals surface area contributed by atoms with E-state index in [9.17, 15) is 4.79 Å². The van der Waals surface area contributed by atoms with Crippen molar-refractivity contribution < 1.29 is 9.90 Å². The maximum Gasteiger partial charge on any atom is 0.322 e. The van der Waals surface area contributed by atoms with Crippen LogP contribution in [0.25, 0.3) is 0 Å². The zero-order valence-electron chi connectivity index (χ0n) is 6.21. The Labute approximate surface area is 68.0 Å². The Hall–Kier alpha value is -1.63. The largest absolute Gasteiger partial charge is 0.480 e. The predicted molar refractivity (Wildman–Crippen MR) is 40.0 cm³/mol. The van der Waals surface area contributed by atoms with Gasteiger partial charge in [-0.1, -0.05) is 0 Å². The van der Waals surface area contributed by atoms with Gasteiger partial charge in [-0.25, -0.2) is 9.67 Å². The van der Waals surface area contributed by atoms with Crippen LogP contribution >= 0.6 is 0 Å². The summed E-state index contributed by atoms with van der Waals surface area (Å²) in [6.45, 7) is 0.0690. The zero-order chi connectivity index (χ0) is 9.14. The average molecular weight is 176 g/mol. The number of carboxylic acid groups (broad SMARTS) is 1. The van der Waals surface area contributed by atoms with Crippen LogP contribution in [0.4, 0.5) is 5.95 Å². The smallest absolute Gasteiger partial charge is 0.322 e. The van der Waals surface area contributed by atoms with Crippen LogP contribution in [0.3, 0.4) is 0 Å². The molecule has 5 N–H and O–H groups in total. The van der Waals surface area contributed by atoms with Crippen LogP contribution < -0.4 is 11.5 Å². The van der Waals surface area contributed by atoms with Gasteiger partial charge in [0.2, 0.25) is 5.95 Å². The van der Waals surface area contributed by atoms with Crippen LogP contribution in [0.15, 0.2) is 6.33 Å². The molecule has 0 amide bonds. The van der Waals surface area contributed by atoms with Crippen LogP contribution in [0, 0.1) is 0 Å². The summed E-state index contributed by atoms with van der Waals surface area (Å²) in [7, 11) is 0. The number of carboxylic acids is 1. The molecule has 0 spiro atoms. The second-order valence-corrected chi connectivity index (χ2v) is 2.27. The zero-order valence-corrected chi connectivity index (χ0v) is 6.21. The molecule has 0 bridgehead atoms. The number of carbonyl (C=O) groups is 1. The van der Waals surface area contributed by atoms with Gasteiger partial charge in [-0.3, -0.25) is 4.79 Å². The second-order valence-electron chi connectivity index (χ2n) is 2.27. The summed E-state index contributed by atoms with van der Waals surface area (Å²) >= 11 is 0. The Morgan fingerprint density at radius 1 is 1.83 bits per heavy atom. The molecule has 7 nitrogen and oxygen atoms in total. The van der Waals surface area contributed by atoms with Gasteiger partial charge in [-0.05, 0) is 0 Å². The van der Waals surface area contributed by atoms with Crippen LogP contribution in [-0.2, 0) is 11.3 Å². The summed E-state index contributed by atoms with van der Waals surface area (Å²) < 4.78 is 1.29. The monoisotopic (exact) mass is 176 g/mol. The van der Waals surface area contributed by atoms with Gasteiger partial charge in [-0.2, -0.15) is 0 Å². The number of anilines is 1. The predicted octanol–water partition coefficient (Wildman–Crippen LogP) is -1.73. The van der Waals surface area contributed by atoms with E-state index >= 15 is 0 Å². The first-order valence-corrected chi connectivity index (χ1v) is 3.23. The molecule has 1 unspecified atom stereocenters. The van der Waals surface area contributed by atoms with Crippen molar-refractivity contribution in [1.82, 2.24) is 14.8 Å². The number of nitrogens with zero attached hydrogens (tertiary/aromatic N) is 3. The molecular formula is C5H9N5O2.